The summed E-state index contributed by atoms with van der Waals surface area (Å²) in [5.41, 5.74) is 2.22. The highest BCUT2D eigenvalue weighted by atomic mass is 14.7. The van der Waals surface area contributed by atoms with Crippen LogP contribution in [0.3, 0.4) is 0 Å². The van der Waals surface area contributed by atoms with E-state index in [9.17, 15) is 0 Å². The highest BCUT2D eigenvalue weighted by Crippen LogP contribution is 2.74. The van der Waals surface area contributed by atoms with Crippen molar-refractivity contribution >= 4 is 0 Å². The molecule has 6 aliphatic carbocycles. The lowest BCUT2D eigenvalue weighted by atomic mass is 9.35. The summed E-state index contributed by atoms with van der Waals surface area (Å²) in [5.74, 6) is 3.40. The number of rotatable bonds is 2. The van der Waals surface area contributed by atoms with Crippen LogP contribution < -0.4 is 0 Å². The smallest absolute Gasteiger partial charge is 0.0187 e. The Balaban J connectivity index is 1.57. The van der Waals surface area contributed by atoms with Crippen molar-refractivity contribution in [2.75, 3.05) is 0 Å². The van der Waals surface area contributed by atoms with E-state index in [2.05, 4.69) is 6.92 Å². The molecule has 0 aromatic carbocycles. The second-order valence-electron chi connectivity index (χ2n) is 11.0. The van der Waals surface area contributed by atoms with E-state index in [1.54, 1.807) is 77.0 Å². The van der Waals surface area contributed by atoms with Gasteiger partial charge in [0.2, 0.25) is 0 Å². The van der Waals surface area contributed by atoms with Crippen LogP contribution in [0.15, 0.2) is 0 Å². The first kappa shape index (κ1) is 15.3. The zero-order valence-corrected chi connectivity index (χ0v) is 15.5. The van der Waals surface area contributed by atoms with Gasteiger partial charge >= 0.3 is 0 Å². The van der Waals surface area contributed by atoms with Gasteiger partial charge in [-0.1, -0.05) is 45.4 Å². The monoisotopic (exact) mass is 314 g/mol. The molecular weight excluding hydrogens is 276 g/mol. The van der Waals surface area contributed by atoms with Crippen molar-refractivity contribution in [3.63, 3.8) is 0 Å². The van der Waals surface area contributed by atoms with Crippen LogP contribution in [0, 0.1) is 34.0 Å². The van der Waals surface area contributed by atoms with Crippen molar-refractivity contribution in [1.29, 1.82) is 0 Å². The number of hydrogen-bond acceptors (Lipinski definition) is 0. The van der Waals surface area contributed by atoms with Gasteiger partial charge in [-0.3, -0.25) is 0 Å². The maximum absolute atomic E-state index is 2.77. The lowest BCUT2D eigenvalue weighted by molar-refractivity contribution is -0.202. The fourth-order valence-electron chi connectivity index (χ4n) is 9.44. The van der Waals surface area contributed by atoms with E-state index < -0.39 is 0 Å². The highest BCUT2D eigenvalue weighted by Gasteiger charge is 2.65. The molecule has 0 heterocycles. The molecule has 0 spiro atoms. The quantitative estimate of drug-likeness (QED) is 0.509. The minimum Gasteiger partial charge on any atom is -0.0591 e. The Morgan fingerprint density at radius 1 is 0.565 bits per heavy atom. The van der Waals surface area contributed by atoms with Crippen molar-refractivity contribution in [3.05, 3.63) is 0 Å². The van der Waals surface area contributed by atoms with Crippen LogP contribution >= 0.6 is 0 Å². The topological polar surface area (TPSA) is 0 Å². The third-order valence-electron chi connectivity index (χ3n) is 9.87. The zero-order chi connectivity index (χ0) is 15.5. The standard InChI is InChI=1S/C23H38/c1-21(8-4-2-5-9-21)23(10-6-3-7-11-23)22-15-18-12-19(16-22)14-20(13-18)17-22/h18-20H,2-17H2,1H3. The molecule has 0 radical (unpaired) electrons. The SMILES string of the molecule is CC1(C2(C34CC5CC(CC(C5)C3)C4)CCCCC2)CCCCC1. The average Bonchev–Trinajstić information content (AvgIpc) is 2.55. The molecule has 4 bridgehead atoms. The summed E-state index contributed by atoms with van der Waals surface area (Å²) < 4.78 is 0. The van der Waals surface area contributed by atoms with Gasteiger partial charge in [-0.05, 0) is 98.2 Å². The van der Waals surface area contributed by atoms with Crippen LogP contribution in [0.2, 0.25) is 0 Å². The predicted octanol–water partition coefficient (Wildman–Crippen LogP) is 7.12. The summed E-state index contributed by atoms with van der Waals surface area (Å²) in [5, 5.41) is 0. The van der Waals surface area contributed by atoms with Gasteiger partial charge in [-0.15, -0.1) is 0 Å². The Hall–Kier alpha value is 0. The van der Waals surface area contributed by atoms with Gasteiger partial charge in [-0.2, -0.15) is 0 Å². The first-order chi connectivity index (χ1) is 11.1. The van der Waals surface area contributed by atoms with Crippen molar-refractivity contribution in [1.82, 2.24) is 0 Å². The van der Waals surface area contributed by atoms with E-state index in [1.165, 1.54) is 25.7 Å². The molecule has 0 aliphatic heterocycles. The Labute approximate surface area is 144 Å². The molecule has 6 fully saturated rings. The molecule has 0 saturated heterocycles. The van der Waals surface area contributed by atoms with Gasteiger partial charge in [0, 0.05) is 0 Å². The largest absolute Gasteiger partial charge is 0.0591 e. The van der Waals surface area contributed by atoms with Crippen LogP contribution in [0.4, 0.5) is 0 Å². The maximum Gasteiger partial charge on any atom is -0.0187 e. The van der Waals surface area contributed by atoms with Gasteiger partial charge < -0.3 is 0 Å². The first-order valence-electron chi connectivity index (χ1n) is 11.1. The van der Waals surface area contributed by atoms with Gasteiger partial charge in [0.05, 0.1) is 0 Å². The molecule has 23 heavy (non-hydrogen) atoms. The fraction of sp³-hybridized carbons (Fsp3) is 1.00. The fourth-order valence-corrected chi connectivity index (χ4v) is 9.44. The normalized spacial score (nSPS) is 47.6. The molecule has 130 valence electrons. The Morgan fingerprint density at radius 2 is 1.00 bits per heavy atom. The molecule has 0 N–H and O–H groups in total. The summed E-state index contributed by atoms with van der Waals surface area (Å²) in [7, 11) is 0. The van der Waals surface area contributed by atoms with Gasteiger partial charge in [-0.25, -0.2) is 0 Å². The minimum absolute atomic E-state index is 0.692. The second-order valence-corrected chi connectivity index (χ2v) is 11.0. The molecule has 0 aromatic heterocycles. The van der Waals surface area contributed by atoms with Crippen LogP contribution in [0.25, 0.3) is 0 Å². The number of hydrogen-bond donors (Lipinski definition) is 0. The van der Waals surface area contributed by atoms with E-state index in [4.69, 9.17) is 0 Å². The molecule has 0 amide bonds. The summed E-state index contributed by atoms with van der Waals surface area (Å²) in [4.78, 5) is 0. The minimum atomic E-state index is 0.692. The molecule has 0 nitrogen and oxygen atoms in total. The maximum atomic E-state index is 2.77. The van der Waals surface area contributed by atoms with Crippen LogP contribution in [0.5, 0.6) is 0 Å². The van der Waals surface area contributed by atoms with Crippen molar-refractivity contribution in [2.45, 2.75) is 110 Å². The summed E-state index contributed by atoms with van der Waals surface area (Å²) in [6, 6.07) is 0. The molecule has 0 aromatic rings. The first-order valence-corrected chi connectivity index (χ1v) is 11.1. The van der Waals surface area contributed by atoms with E-state index in [1.807, 2.05) is 0 Å². The molecule has 0 heteroatoms. The highest BCUT2D eigenvalue weighted by molar-refractivity contribution is 5.14. The third-order valence-corrected chi connectivity index (χ3v) is 9.87. The molecular formula is C23H38. The lowest BCUT2D eigenvalue weighted by Gasteiger charge is -2.70. The van der Waals surface area contributed by atoms with E-state index >= 15 is 0 Å². The molecule has 6 aliphatic rings. The molecule has 6 saturated carbocycles. The Bertz CT molecular complexity index is 411. The van der Waals surface area contributed by atoms with Crippen molar-refractivity contribution in [3.8, 4) is 0 Å². The van der Waals surface area contributed by atoms with Crippen LogP contribution in [0.1, 0.15) is 110 Å². The third kappa shape index (κ3) is 2.08. The Morgan fingerprint density at radius 3 is 1.48 bits per heavy atom. The van der Waals surface area contributed by atoms with Gasteiger partial charge in [0.25, 0.3) is 0 Å². The molecule has 0 atom stereocenters. The van der Waals surface area contributed by atoms with Crippen molar-refractivity contribution < 1.29 is 0 Å². The van der Waals surface area contributed by atoms with E-state index in [0.717, 1.165) is 28.6 Å². The van der Waals surface area contributed by atoms with Gasteiger partial charge in [0.1, 0.15) is 0 Å². The summed E-state index contributed by atoms with van der Waals surface area (Å²) in [6.45, 7) is 2.77. The lowest BCUT2D eigenvalue weighted by Crippen LogP contribution is -2.61. The van der Waals surface area contributed by atoms with E-state index in [-0.39, 0.29) is 0 Å². The summed E-state index contributed by atoms with van der Waals surface area (Å²) in [6.07, 6.45) is 25.4. The second kappa shape index (κ2) is 5.25. The zero-order valence-electron chi connectivity index (χ0n) is 15.5. The molecule has 0 unspecified atom stereocenters. The van der Waals surface area contributed by atoms with E-state index in [0.29, 0.717) is 5.41 Å². The van der Waals surface area contributed by atoms with Gasteiger partial charge in [0.15, 0.2) is 0 Å². The molecule has 6 rings (SSSR count). The van der Waals surface area contributed by atoms with Crippen LogP contribution in [-0.2, 0) is 0 Å². The Kier molecular flexibility index (Phi) is 3.48. The summed E-state index contributed by atoms with van der Waals surface area (Å²) >= 11 is 0. The van der Waals surface area contributed by atoms with Crippen LogP contribution in [-0.4, -0.2) is 0 Å². The average molecular weight is 315 g/mol. The predicted molar refractivity (Wildman–Crippen MR) is 97.3 cm³/mol. The van der Waals surface area contributed by atoms with Crippen molar-refractivity contribution in [2.24, 2.45) is 34.0 Å².